The Hall–Kier alpha value is -1.68. The lowest BCUT2D eigenvalue weighted by Crippen LogP contribution is -2.10. The molecule has 0 amide bonds. The van der Waals surface area contributed by atoms with Gasteiger partial charge in [-0.15, -0.1) is 0 Å². The average Bonchev–Trinajstić information content (AvgIpc) is 2.56. The van der Waals surface area contributed by atoms with E-state index in [9.17, 15) is 0 Å². The number of aryl methyl sites for hydroxylation is 1. The summed E-state index contributed by atoms with van der Waals surface area (Å²) < 4.78 is 2.11. The first-order valence-corrected chi connectivity index (χ1v) is 5.31. The topological polar surface area (TPSA) is 42.7 Å². The minimum atomic E-state index is 0.775. The van der Waals surface area contributed by atoms with Crippen molar-refractivity contribution in [3.8, 4) is 11.3 Å². The van der Waals surface area contributed by atoms with Crippen molar-refractivity contribution in [1.82, 2.24) is 19.9 Å². The number of rotatable bonds is 3. The Bertz CT molecular complexity index is 473. The molecule has 0 unspecified atom stereocenters. The fourth-order valence-corrected chi connectivity index (χ4v) is 1.91. The second kappa shape index (κ2) is 4.45. The maximum Gasteiger partial charge on any atom is 0.123 e. The summed E-state index contributed by atoms with van der Waals surface area (Å²) in [4.78, 5) is 8.69. The van der Waals surface area contributed by atoms with Crippen LogP contribution in [0.25, 0.3) is 11.3 Å². The molecule has 4 nitrogen and oxygen atoms in total. The molecule has 2 heterocycles. The molecule has 0 aliphatic carbocycles. The molecular formula is C12H16N4. The Morgan fingerprint density at radius 1 is 1.44 bits per heavy atom. The Morgan fingerprint density at radius 3 is 2.88 bits per heavy atom. The highest BCUT2D eigenvalue weighted by Crippen LogP contribution is 2.22. The fourth-order valence-electron chi connectivity index (χ4n) is 1.91. The van der Waals surface area contributed by atoms with E-state index in [-0.39, 0.29) is 0 Å². The standard InChI is InChI=1S/C12H16N4/c1-9-12(10-5-4-6-14-7-10)16(3)11(15-9)8-13-2/h4-7,13H,8H2,1-3H3. The van der Waals surface area contributed by atoms with E-state index in [1.807, 2.05) is 33.3 Å². The van der Waals surface area contributed by atoms with E-state index in [2.05, 4.69) is 25.9 Å². The molecule has 1 N–H and O–H groups in total. The van der Waals surface area contributed by atoms with Crippen molar-refractivity contribution in [1.29, 1.82) is 0 Å². The number of pyridine rings is 1. The van der Waals surface area contributed by atoms with E-state index in [1.165, 1.54) is 0 Å². The monoisotopic (exact) mass is 216 g/mol. The minimum Gasteiger partial charge on any atom is -0.330 e. The molecule has 0 fully saturated rings. The molecule has 4 heteroatoms. The molecule has 0 aromatic carbocycles. The van der Waals surface area contributed by atoms with Crippen LogP contribution in [0.2, 0.25) is 0 Å². The summed E-state index contributed by atoms with van der Waals surface area (Å²) in [5.74, 6) is 1.04. The first-order valence-electron chi connectivity index (χ1n) is 5.31. The van der Waals surface area contributed by atoms with Crippen LogP contribution in [0.3, 0.4) is 0 Å². The second-order valence-electron chi connectivity index (χ2n) is 3.79. The zero-order valence-corrected chi connectivity index (χ0v) is 9.86. The van der Waals surface area contributed by atoms with Crippen molar-refractivity contribution >= 4 is 0 Å². The number of hydrogen-bond donors (Lipinski definition) is 1. The number of nitrogens with zero attached hydrogens (tertiary/aromatic N) is 3. The Balaban J connectivity index is 2.49. The van der Waals surface area contributed by atoms with Crippen molar-refractivity contribution in [3.05, 3.63) is 36.0 Å². The van der Waals surface area contributed by atoms with Crippen LogP contribution in [0.15, 0.2) is 24.5 Å². The van der Waals surface area contributed by atoms with Crippen molar-refractivity contribution < 1.29 is 0 Å². The molecule has 0 aliphatic rings. The molecule has 0 spiro atoms. The summed E-state index contributed by atoms with van der Waals surface area (Å²) in [6.07, 6.45) is 3.65. The van der Waals surface area contributed by atoms with Crippen LogP contribution in [-0.4, -0.2) is 21.6 Å². The largest absolute Gasteiger partial charge is 0.330 e. The Kier molecular flexibility index (Phi) is 3.01. The van der Waals surface area contributed by atoms with Gasteiger partial charge < -0.3 is 9.88 Å². The minimum absolute atomic E-state index is 0.775. The number of aromatic nitrogens is 3. The van der Waals surface area contributed by atoms with Gasteiger partial charge in [0.25, 0.3) is 0 Å². The smallest absolute Gasteiger partial charge is 0.123 e. The van der Waals surface area contributed by atoms with Gasteiger partial charge in [-0.1, -0.05) is 0 Å². The third kappa shape index (κ3) is 1.84. The number of imidazole rings is 1. The summed E-state index contributed by atoms with van der Waals surface area (Å²) >= 11 is 0. The fraction of sp³-hybridized carbons (Fsp3) is 0.333. The van der Waals surface area contributed by atoms with Crippen molar-refractivity contribution in [2.75, 3.05) is 7.05 Å². The lowest BCUT2D eigenvalue weighted by atomic mass is 10.2. The Labute approximate surface area is 95.4 Å². The van der Waals surface area contributed by atoms with Crippen LogP contribution < -0.4 is 5.32 Å². The van der Waals surface area contributed by atoms with Crippen LogP contribution in [0, 0.1) is 6.92 Å². The van der Waals surface area contributed by atoms with E-state index in [0.29, 0.717) is 0 Å². The molecule has 2 aromatic heterocycles. The molecule has 0 atom stereocenters. The molecule has 2 aromatic rings. The van der Waals surface area contributed by atoms with Crippen molar-refractivity contribution in [2.45, 2.75) is 13.5 Å². The van der Waals surface area contributed by atoms with Gasteiger partial charge in [0.2, 0.25) is 0 Å². The van der Waals surface area contributed by atoms with Crippen molar-refractivity contribution in [2.24, 2.45) is 7.05 Å². The summed E-state index contributed by atoms with van der Waals surface area (Å²) in [6.45, 7) is 2.80. The maximum absolute atomic E-state index is 4.55. The summed E-state index contributed by atoms with van der Waals surface area (Å²) in [5, 5.41) is 3.12. The third-order valence-corrected chi connectivity index (χ3v) is 2.63. The maximum atomic E-state index is 4.55. The molecule has 0 saturated carbocycles. The van der Waals surface area contributed by atoms with Crippen LogP contribution in [0.1, 0.15) is 11.5 Å². The van der Waals surface area contributed by atoms with Gasteiger partial charge in [-0.25, -0.2) is 4.98 Å². The molecule has 0 saturated heterocycles. The van der Waals surface area contributed by atoms with Gasteiger partial charge in [0.05, 0.1) is 17.9 Å². The van der Waals surface area contributed by atoms with Gasteiger partial charge in [-0.2, -0.15) is 0 Å². The van der Waals surface area contributed by atoms with Crippen LogP contribution >= 0.6 is 0 Å². The van der Waals surface area contributed by atoms with E-state index >= 15 is 0 Å². The summed E-state index contributed by atoms with van der Waals surface area (Å²) in [6, 6.07) is 4.00. The molecule has 84 valence electrons. The van der Waals surface area contributed by atoms with E-state index in [0.717, 1.165) is 29.3 Å². The van der Waals surface area contributed by atoms with Gasteiger partial charge in [0.1, 0.15) is 5.82 Å². The summed E-state index contributed by atoms with van der Waals surface area (Å²) in [5.41, 5.74) is 3.29. The quantitative estimate of drug-likeness (QED) is 0.845. The molecule has 2 rings (SSSR count). The SMILES string of the molecule is CNCc1nc(C)c(-c2cccnc2)n1C. The Morgan fingerprint density at radius 2 is 2.25 bits per heavy atom. The highest BCUT2D eigenvalue weighted by Gasteiger charge is 2.12. The predicted octanol–water partition coefficient (Wildman–Crippen LogP) is 1.51. The van der Waals surface area contributed by atoms with Crippen molar-refractivity contribution in [3.63, 3.8) is 0 Å². The molecule has 0 radical (unpaired) electrons. The first kappa shape index (κ1) is 10.8. The normalized spacial score (nSPS) is 10.7. The molecular weight excluding hydrogens is 200 g/mol. The van der Waals surface area contributed by atoms with Gasteiger partial charge >= 0.3 is 0 Å². The number of hydrogen-bond acceptors (Lipinski definition) is 3. The first-order chi connectivity index (χ1) is 7.74. The predicted molar refractivity (Wildman–Crippen MR) is 63.9 cm³/mol. The average molecular weight is 216 g/mol. The lowest BCUT2D eigenvalue weighted by molar-refractivity contribution is 0.711. The van der Waals surface area contributed by atoms with Gasteiger partial charge in [0, 0.05) is 25.0 Å². The van der Waals surface area contributed by atoms with Gasteiger partial charge in [0.15, 0.2) is 0 Å². The second-order valence-corrected chi connectivity index (χ2v) is 3.79. The molecule has 16 heavy (non-hydrogen) atoms. The third-order valence-electron chi connectivity index (χ3n) is 2.63. The van der Waals surface area contributed by atoms with E-state index in [4.69, 9.17) is 0 Å². The van der Waals surface area contributed by atoms with Gasteiger partial charge in [-0.05, 0) is 26.1 Å². The highest BCUT2D eigenvalue weighted by molar-refractivity contribution is 5.61. The molecule has 0 bridgehead atoms. The number of nitrogens with one attached hydrogen (secondary N) is 1. The van der Waals surface area contributed by atoms with Gasteiger partial charge in [-0.3, -0.25) is 4.98 Å². The molecule has 0 aliphatic heterocycles. The zero-order valence-electron chi connectivity index (χ0n) is 9.86. The van der Waals surface area contributed by atoms with Crippen LogP contribution in [-0.2, 0) is 13.6 Å². The van der Waals surface area contributed by atoms with Crippen LogP contribution in [0.5, 0.6) is 0 Å². The summed E-state index contributed by atoms with van der Waals surface area (Å²) in [7, 11) is 3.96. The van der Waals surface area contributed by atoms with E-state index in [1.54, 1.807) is 6.20 Å². The van der Waals surface area contributed by atoms with Crippen LogP contribution in [0.4, 0.5) is 0 Å². The highest BCUT2D eigenvalue weighted by atomic mass is 15.1. The van der Waals surface area contributed by atoms with E-state index < -0.39 is 0 Å². The zero-order chi connectivity index (χ0) is 11.5. The lowest BCUT2D eigenvalue weighted by Gasteiger charge is -2.05.